The standard InChI is InChI=1S/C27H33N5O/c28-15-19-3-1-18(2-4-19)10-25-30-16-23(31-25)24(32-6-5-29-26(33)17-32)14-27-11-20-7-21(12-27)9-22(8-20)13-27/h1-4,16,20-22,24H,5-14,17H2,(H,29,33)(H,30,31). The van der Waals surface area contributed by atoms with Crippen molar-refractivity contribution in [2.45, 2.75) is 57.4 Å². The van der Waals surface area contributed by atoms with Gasteiger partial charge in [-0.25, -0.2) is 4.98 Å². The first-order chi connectivity index (χ1) is 16.1. The van der Waals surface area contributed by atoms with Crippen LogP contribution in [0.3, 0.4) is 0 Å². The molecule has 2 heterocycles. The molecule has 7 rings (SSSR count). The third kappa shape index (κ3) is 4.19. The SMILES string of the molecule is N#Cc1ccc(Cc2ncc(C(CC34CC5CC(CC(C5)C3)C4)N3CCNC(=O)C3)[nH]2)cc1. The second kappa shape index (κ2) is 8.29. The molecule has 2 aromatic rings. The number of nitrogens with zero attached hydrogens (tertiary/aromatic N) is 3. The quantitative estimate of drug-likeness (QED) is 0.708. The molecule has 1 aliphatic heterocycles. The summed E-state index contributed by atoms with van der Waals surface area (Å²) in [4.78, 5) is 23.0. The maximum atomic E-state index is 12.3. The van der Waals surface area contributed by atoms with Crippen molar-refractivity contribution in [1.29, 1.82) is 5.26 Å². The highest BCUT2D eigenvalue weighted by atomic mass is 16.2. The van der Waals surface area contributed by atoms with Crippen molar-refractivity contribution < 1.29 is 4.79 Å². The van der Waals surface area contributed by atoms with E-state index in [1.807, 2.05) is 30.5 Å². The number of aromatic amines is 1. The summed E-state index contributed by atoms with van der Waals surface area (Å²) >= 11 is 0. The van der Waals surface area contributed by atoms with Gasteiger partial charge in [0.15, 0.2) is 0 Å². The number of hydrogen-bond donors (Lipinski definition) is 2. The molecule has 1 saturated heterocycles. The summed E-state index contributed by atoms with van der Waals surface area (Å²) in [6, 6.07) is 10.1. The third-order valence-electron chi connectivity index (χ3n) is 8.76. The average molecular weight is 444 g/mol. The topological polar surface area (TPSA) is 84.8 Å². The molecule has 33 heavy (non-hydrogen) atoms. The van der Waals surface area contributed by atoms with E-state index in [2.05, 4.69) is 21.3 Å². The predicted molar refractivity (Wildman–Crippen MR) is 125 cm³/mol. The molecule has 0 radical (unpaired) electrons. The maximum absolute atomic E-state index is 12.3. The lowest BCUT2D eigenvalue weighted by Crippen LogP contribution is -2.52. The zero-order chi connectivity index (χ0) is 22.4. The zero-order valence-electron chi connectivity index (χ0n) is 19.2. The first kappa shape index (κ1) is 20.9. The molecule has 6 heteroatoms. The number of aromatic nitrogens is 2. The van der Waals surface area contributed by atoms with E-state index in [1.54, 1.807) is 0 Å². The van der Waals surface area contributed by atoms with E-state index in [1.165, 1.54) is 38.5 Å². The Balaban J connectivity index is 1.25. The van der Waals surface area contributed by atoms with Gasteiger partial charge in [0.05, 0.1) is 29.9 Å². The zero-order valence-corrected chi connectivity index (χ0v) is 19.2. The van der Waals surface area contributed by atoms with Crippen LogP contribution in [0, 0.1) is 34.5 Å². The first-order valence-electron chi connectivity index (χ1n) is 12.6. The second-order valence-corrected chi connectivity index (χ2v) is 11.2. The molecule has 4 saturated carbocycles. The molecule has 5 fully saturated rings. The Kier molecular flexibility index (Phi) is 5.25. The van der Waals surface area contributed by atoms with Gasteiger partial charge in [0.1, 0.15) is 5.82 Å². The first-order valence-corrected chi connectivity index (χ1v) is 12.6. The average Bonchev–Trinajstić information content (AvgIpc) is 3.25. The van der Waals surface area contributed by atoms with Gasteiger partial charge in [-0.05, 0) is 85.8 Å². The molecule has 1 amide bonds. The van der Waals surface area contributed by atoms with Crippen LogP contribution in [0.4, 0.5) is 0 Å². The van der Waals surface area contributed by atoms with Gasteiger partial charge in [0.2, 0.25) is 5.91 Å². The fourth-order valence-corrected chi connectivity index (χ4v) is 7.84. The summed E-state index contributed by atoms with van der Waals surface area (Å²) < 4.78 is 0. The number of nitrogens with one attached hydrogen (secondary N) is 2. The highest BCUT2D eigenvalue weighted by Crippen LogP contribution is 2.62. The maximum Gasteiger partial charge on any atom is 0.234 e. The summed E-state index contributed by atoms with van der Waals surface area (Å²) in [7, 11) is 0. The minimum Gasteiger partial charge on any atom is -0.354 e. The van der Waals surface area contributed by atoms with Gasteiger partial charge in [-0.2, -0.15) is 5.26 Å². The van der Waals surface area contributed by atoms with Crippen LogP contribution in [-0.4, -0.2) is 40.4 Å². The van der Waals surface area contributed by atoms with Crippen LogP contribution >= 0.6 is 0 Å². The molecular formula is C27H33N5O. The summed E-state index contributed by atoms with van der Waals surface area (Å²) in [6.45, 7) is 2.09. The predicted octanol–water partition coefficient (Wildman–Crippen LogP) is 3.95. The molecule has 5 aliphatic rings. The molecule has 4 bridgehead atoms. The fourth-order valence-electron chi connectivity index (χ4n) is 7.84. The lowest BCUT2D eigenvalue weighted by atomic mass is 9.48. The van der Waals surface area contributed by atoms with Crippen LogP contribution in [0.15, 0.2) is 30.5 Å². The van der Waals surface area contributed by atoms with Crippen LogP contribution in [0.2, 0.25) is 0 Å². The van der Waals surface area contributed by atoms with E-state index in [0.29, 0.717) is 17.5 Å². The molecule has 6 nitrogen and oxygen atoms in total. The Morgan fingerprint density at radius 3 is 2.45 bits per heavy atom. The smallest absolute Gasteiger partial charge is 0.234 e. The summed E-state index contributed by atoms with van der Waals surface area (Å²) in [6.07, 6.45) is 12.4. The number of rotatable bonds is 6. The number of piperazine rings is 1. The number of nitriles is 1. The van der Waals surface area contributed by atoms with Gasteiger partial charge in [0, 0.05) is 25.7 Å². The van der Waals surface area contributed by atoms with Gasteiger partial charge in [-0.3, -0.25) is 9.69 Å². The Labute approximate surface area is 195 Å². The molecule has 2 N–H and O–H groups in total. The molecular weight excluding hydrogens is 410 g/mol. The molecule has 1 aromatic heterocycles. The second-order valence-electron chi connectivity index (χ2n) is 11.2. The monoisotopic (exact) mass is 443 g/mol. The molecule has 172 valence electrons. The van der Waals surface area contributed by atoms with Crippen molar-refractivity contribution in [3.05, 3.63) is 53.1 Å². The summed E-state index contributed by atoms with van der Waals surface area (Å²) in [5.74, 6) is 3.86. The number of amides is 1. The lowest BCUT2D eigenvalue weighted by molar-refractivity contribution is -0.126. The highest BCUT2D eigenvalue weighted by Gasteiger charge is 2.52. The van der Waals surface area contributed by atoms with Gasteiger partial charge >= 0.3 is 0 Å². The summed E-state index contributed by atoms with van der Waals surface area (Å²) in [5, 5.41) is 12.0. The molecule has 1 atom stereocenters. The molecule has 1 unspecified atom stereocenters. The number of hydrogen-bond acceptors (Lipinski definition) is 4. The normalized spacial score (nSPS) is 31.8. The van der Waals surface area contributed by atoms with Gasteiger partial charge < -0.3 is 10.3 Å². The van der Waals surface area contributed by atoms with Crippen molar-refractivity contribution in [3.8, 4) is 6.07 Å². The Morgan fingerprint density at radius 2 is 1.82 bits per heavy atom. The van der Waals surface area contributed by atoms with E-state index < -0.39 is 0 Å². The van der Waals surface area contributed by atoms with E-state index in [9.17, 15) is 4.79 Å². The Bertz CT molecular complexity index is 1030. The van der Waals surface area contributed by atoms with E-state index in [-0.39, 0.29) is 11.9 Å². The lowest BCUT2D eigenvalue weighted by Gasteiger charge is -2.58. The van der Waals surface area contributed by atoms with Gasteiger partial charge in [0.25, 0.3) is 0 Å². The van der Waals surface area contributed by atoms with Crippen molar-refractivity contribution in [3.63, 3.8) is 0 Å². The Hall–Kier alpha value is -2.65. The van der Waals surface area contributed by atoms with Crippen molar-refractivity contribution in [2.75, 3.05) is 19.6 Å². The molecule has 1 aromatic carbocycles. The minimum atomic E-state index is 0.133. The van der Waals surface area contributed by atoms with Gasteiger partial charge in [-0.1, -0.05) is 12.1 Å². The van der Waals surface area contributed by atoms with Crippen molar-refractivity contribution in [2.24, 2.45) is 23.2 Å². The van der Waals surface area contributed by atoms with Crippen LogP contribution in [-0.2, 0) is 11.2 Å². The van der Waals surface area contributed by atoms with Gasteiger partial charge in [-0.15, -0.1) is 0 Å². The fraction of sp³-hybridized carbons (Fsp3) is 0.593. The Morgan fingerprint density at radius 1 is 1.12 bits per heavy atom. The van der Waals surface area contributed by atoms with Crippen LogP contribution < -0.4 is 5.32 Å². The van der Waals surface area contributed by atoms with Crippen molar-refractivity contribution >= 4 is 5.91 Å². The number of carbonyl (C=O) groups excluding carboxylic acids is 1. The molecule has 0 spiro atoms. The minimum absolute atomic E-state index is 0.133. The number of H-pyrrole nitrogens is 1. The summed E-state index contributed by atoms with van der Waals surface area (Å²) in [5.41, 5.74) is 3.41. The number of benzene rings is 1. The van der Waals surface area contributed by atoms with E-state index in [4.69, 9.17) is 10.2 Å². The van der Waals surface area contributed by atoms with E-state index >= 15 is 0 Å². The van der Waals surface area contributed by atoms with Crippen LogP contribution in [0.25, 0.3) is 0 Å². The van der Waals surface area contributed by atoms with Crippen LogP contribution in [0.1, 0.15) is 73.6 Å². The van der Waals surface area contributed by atoms with Crippen LogP contribution in [0.5, 0.6) is 0 Å². The third-order valence-corrected chi connectivity index (χ3v) is 8.76. The highest BCUT2D eigenvalue weighted by molar-refractivity contribution is 5.78. The number of imidazole rings is 1. The molecule has 4 aliphatic carbocycles. The van der Waals surface area contributed by atoms with Crippen molar-refractivity contribution in [1.82, 2.24) is 20.2 Å². The largest absolute Gasteiger partial charge is 0.354 e. The number of carbonyl (C=O) groups is 1. The van der Waals surface area contributed by atoms with E-state index in [0.717, 1.165) is 60.8 Å².